The van der Waals surface area contributed by atoms with E-state index in [4.69, 9.17) is 0 Å². The van der Waals surface area contributed by atoms with Crippen LogP contribution in [0.4, 0.5) is 5.82 Å². The van der Waals surface area contributed by atoms with Crippen LogP contribution in [-0.4, -0.2) is 39.6 Å². The Hall–Kier alpha value is -1.07. The molecule has 0 aliphatic carbocycles. The van der Waals surface area contributed by atoms with Crippen LogP contribution in [0, 0.1) is 6.92 Å². The lowest BCUT2D eigenvalue weighted by molar-refractivity contribution is 0.125. The van der Waals surface area contributed by atoms with Gasteiger partial charge in [0.25, 0.3) is 0 Å². The van der Waals surface area contributed by atoms with Crippen molar-refractivity contribution in [2.75, 3.05) is 11.4 Å². The van der Waals surface area contributed by atoms with Gasteiger partial charge in [0.1, 0.15) is 5.82 Å². The normalized spacial score (nSPS) is 29.2. The Labute approximate surface area is 121 Å². The van der Waals surface area contributed by atoms with Gasteiger partial charge in [0.2, 0.25) is 0 Å². The predicted octanol–water partition coefficient (Wildman–Crippen LogP) is 1.33. The third kappa shape index (κ3) is 2.23. The van der Waals surface area contributed by atoms with Crippen molar-refractivity contribution in [2.24, 2.45) is 7.05 Å². The third-order valence-electron chi connectivity index (χ3n) is 4.82. The van der Waals surface area contributed by atoms with Gasteiger partial charge in [-0.2, -0.15) is 5.10 Å². The third-order valence-corrected chi connectivity index (χ3v) is 4.82. The van der Waals surface area contributed by atoms with Crippen LogP contribution >= 0.6 is 0 Å². The summed E-state index contributed by atoms with van der Waals surface area (Å²) >= 11 is 0. The standard InChI is InChI=1S/C15H26N4O/c1-4-16-9-14-10(2)17-18(3)15(14)19-11-5-6-12(19)8-13(20)7-11/h11-13,16,20H,4-9H2,1-3H3. The summed E-state index contributed by atoms with van der Waals surface area (Å²) in [5.41, 5.74) is 2.44. The van der Waals surface area contributed by atoms with Crippen LogP contribution < -0.4 is 10.2 Å². The van der Waals surface area contributed by atoms with E-state index in [1.165, 1.54) is 24.2 Å². The molecule has 0 saturated carbocycles. The van der Waals surface area contributed by atoms with Crippen LogP contribution in [0.25, 0.3) is 0 Å². The fourth-order valence-electron chi connectivity index (χ4n) is 3.96. The minimum atomic E-state index is -0.115. The maximum Gasteiger partial charge on any atom is 0.131 e. The average molecular weight is 278 g/mol. The lowest BCUT2D eigenvalue weighted by atomic mass is 9.99. The van der Waals surface area contributed by atoms with E-state index in [0.717, 1.165) is 31.6 Å². The molecule has 1 aromatic heterocycles. The van der Waals surface area contributed by atoms with Crippen molar-refractivity contribution >= 4 is 5.82 Å². The van der Waals surface area contributed by atoms with Crippen LogP contribution in [0.3, 0.4) is 0 Å². The molecular formula is C15H26N4O. The van der Waals surface area contributed by atoms with Gasteiger partial charge in [0, 0.05) is 31.2 Å². The van der Waals surface area contributed by atoms with E-state index in [2.05, 4.69) is 29.2 Å². The number of aromatic nitrogens is 2. The molecule has 112 valence electrons. The van der Waals surface area contributed by atoms with E-state index in [1.54, 1.807) is 0 Å². The highest BCUT2D eigenvalue weighted by Gasteiger charge is 2.42. The molecular weight excluding hydrogens is 252 g/mol. The number of anilines is 1. The zero-order valence-electron chi connectivity index (χ0n) is 12.8. The molecule has 3 heterocycles. The van der Waals surface area contributed by atoms with Gasteiger partial charge in [-0.3, -0.25) is 4.68 Å². The van der Waals surface area contributed by atoms with Gasteiger partial charge in [-0.05, 0) is 39.2 Å². The van der Waals surface area contributed by atoms with E-state index in [1.807, 2.05) is 11.7 Å². The highest BCUT2D eigenvalue weighted by atomic mass is 16.3. The molecule has 2 saturated heterocycles. The second kappa shape index (κ2) is 5.37. The van der Waals surface area contributed by atoms with E-state index in [9.17, 15) is 5.11 Å². The summed E-state index contributed by atoms with van der Waals surface area (Å²) in [6.45, 7) is 6.08. The van der Waals surface area contributed by atoms with Crippen molar-refractivity contribution in [3.05, 3.63) is 11.3 Å². The number of nitrogens with one attached hydrogen (secondary N) is 1. The largest absolute Gasteiger partial charge is 0.393 e. The second-order valence-electron chi connectivity index (χ2n) is 6.21. The average Bonchev–Trinajstić information content (AvgIpc) is 2.80. The molecule has 2 unspecified atom stereocenters. The topological polar surface area (TPSA) is 53.3 Å². The second-order valence-corrected chi connectivity index (χ2v) is 6.21. The number of aliphatic hydroxyl groups excluding tert-OH is 1. The summed E-state index contributed by atoms with van der Waals surface area (Å²) in [7, 11) is 2.04. The van der Waals surface area contributed by atoms with Crippen molar-refractivity contribution < 1.29 is 5.11 Å². The fraction of sp³-hybridized carbons (Fsp3) is 0.800. The molecule has 2 bridgehead atoms. The number of aryl methyl sites for hydroxylation is 2. The number of piperidine rings is 1. The number of hydrogen-bond acceptors (Lipinski definition) is 4. The van der Waals surface area contributed by atoms with Crippen molar-refractivity contribution in [1.82, 2.24) is 15.1 Å². The zero-order valence-corrected chi connectivity index (χ0v) is 12.8. The Morgan fingerprint density at radius 1 is 1.30 bits per heavy atom. The van der Waals surface area contributed by atoms with E-state index in [-0.39, 0.29) is 6.10 Å². The highest BCUT2D eigenvalue weighted by Crippen LogP contribution is 2.41. The zero-order chi connectivity index (χ0) is 14.3. The Morgan fingerprint density at radius 3 is 2.55 bits per heavy atom. The van der Waals surface area contributed by atoms with Gasteiger partial charge in [-0.1, -0.05) is 6.92 Å². The molecule has 0 radical (unpaired) electrons. The van der Waals surface area contributed by atoms with E-state index >= 15 is 0 Å². The molecule has 2 fully saturated rings. The number of rotatable bonds is 4. The molecule has 3 rings (SSSR count). The molecule has 2 N–H and O–H groups in total. The summed E-state index contributed by atoms with van der Waals surface area (Å²) in [5, 5.41) is 18.0. The monoisotopic (exact) mass is 278 g/mol. The Bertz CT molecular complexity index is 470. The summed E-state index contributed by atoms with van der Waals surface area (Å²) in [4.78, 5) is 2.54. The smallest absolute Gasteiger partial charge is 0.131 e. The van der Waals surface area contributed by atoms with Gasteiger partial charge in [0.05, 0.1) is 11.8 Å². The molecule has 0 spiro atoms. The van der Waals surface area contributed by atoms with Crippen molar-refractivity contribution in [3.8, 4) is 0 Å². The van der Waals surface area contributed by atoms with Crippen molar-refractivity contribution in [3.63, 3.8) is 0 Å². The molecule has 0 amide bonds. The summed E-state index contributed by atoms with van der Waals surface area (Å²) in [6.07, 6.45) is 4.09. The SMILES string of the molecule is CCNCc1c(C)nn(C)c1N1C2CCC1CC(O)C2. The van der Waals surface area contributed by atoms with Gasteiger partial charge < -0.3 is 15.3 Å². The maximum absolute atomic E-state index is 9.98. The van der Waals surface area contributed by atoms with Crippen LogP contribution in [0.2, 0.25) is 0 Å². The first kappa shape index (κ1) is 13.9. The lowest BCUT2D eigenvalue weighted by Gasteiger charge is -2.39. The Kier molecular flexibility index (Phi) is 3.73. The first-order valence-corrected chi connectivity index (χ1v) is 7.81. The van der Waals surface area contributed by atoms with Crippen molar-refractivity contribution in [2.45, 2.75) is 64.3 Å². The molecule has 2 aliphatic rings. The van der Waals surface area contributed by atoms with Crippen LogP contribution in [0.5, 0.6) is 0 Å². The van der Waals surface area contributed by atoms with Crippen LogP contribution in [0.1, 0.15) is 43.9 Å². The van der Waals surface area contributed by atoms with Gasteiger partial charge >= 0.3 is 0 Å². The highest BCUT2D eigenvalue weighted by molar-refractivity contribution is 5.53. The maximum atomic E-state index is 9.98. The first-order chi connectivity index (χ1) is 9.61. The number of nitrogens with zero attached hydrogens (tertiary/aromatic N) is 3. The first-order valence-electron chi connectivity index (χ1n) is 7.81. The van der Waals surface area contributed by atoms with E-state index < -0.39 is 0 Å². The Balaban J connectivity index is 1.94. The van der Waals surface area contributed by atoms with E-state index in [0.29, 0.717) is 12.1 Å². The van der Waals surface area contributed by atoms with Gasteiger partial charge in [0.15, 0.2) is 0 Å². The minimum absolute atomic E-state index is 0.115. The molecule has 2 aliphatic heterocycles. The summed E-state index contributed by atoms with van der Waals surface area (Å²) in [6, 6.07) is 0.970. The minimum Gasteiger partial charge on any atom is -0.393 e. The molecule has 1 aromatic rings. The number of aliphatic hydroxyl groups is 1. The molecule has 0 aromatic carbocycles. The lowest BCUT2D eigenvalue weighted by Crippen LogP contribution is -2.46. The quantitative estimate of drug-likeness (QED) is 0.872. The molecule has 5 nitrogen and oxygen atoms in total. The molecule has 20 heavy (non-hydrogen) atoms. The summed E-state index contributed by atoms with van der Waals surface area (Å²) < 4.78 is 2.03. The number of hydrogen-bond donors (Lipinski definition) is 2. The van der Waals surface area contributed by atoms with Gasteiger partial charge in [-0.15, -0.1) is 0 Å². The van der Waals surface area contributed by atoms with Crippen LogP contribution in [0.15, 0.2) is 0 Å². The predicted molar refractivity (Wildman–Crippen MR) is 79.9 cm³/mol. The fourth-order valence-corrected chi connectivity index (χ4v) is 3.96. The Morgan fingerprint density at radius 2 is 1.95 bits per heavy atom. The molecule has 2 atom stereocenters. The molecule has 5 heteroatoms. The number of fused-ring (bicyclic) bond motifs is 2. The van der Waals surface area contributed by atoms with Gasteiger partial charge in [-0.25, -0.2) is 0 Å². The van der Waals surface area contributed by atoms with Crippen molar-refractivity contribution in [1.29, 1.82) is 0 Å². The summed E-state index contributed by atoms with van der Waals surface area (Å²) in [5.74, 6) is 1.27. The van der Waals surface area contributed by atoms with Crippen LogP contribution in [-0.2, 0) is 13.6 Å².